The van der Waals surface area contributed by atoms with Crippen LogP contribution < -0.4 is 5.73 Å². The lowest BCUT2D eigenvalue weighted by Crippen LogP contribution is -2.47. The summed E-state index contributed by atoms with van der Waals surface area (Å²) < 4.78 is 11.7. The third kappa shape index (κ3) is 2.97. The number of nitrogens with two attached hydrogens (primary N) is 1. The molecule has 3 nitrogen and oxygen atoms in total. The molecule has 0 aromatic heterocycles. The molecule has 19 heavy (non-hydrogen) atoms. The van der Waals surface area contributed by atoms with Crippen LogP contribution in [0.2, 0.25) is 0 Å². The quantitative estimate of drug-likeness (QED) is 0.904. The van der Waals surface area contributed by atoms with Crippen LogP contribution in [-0.4, -0.2) is 30.3 Å². The molecule has 2 fully saturated rings. The lowest BCUT2D eigenvalue weighted by Gasteiger charge is -2.39. The summed E-state index contributed by atoms with van der Waals surface area (Å²) in [5, 5.41) is 0.370. The molecule has 1 spiro atoms. The van der Waals surface area contributed by atoms with Crippen molar-refractivity contribution in [3.8, 4) is 0 Å². The monoisotopic (exact) mass is 279 g/mol. The Bertz CT molecular complexity index is 428. The highest BCUT2D eigenvalue weighted by Gasteiger charge is 2.44. The largest absolute Gasteiger partial charge is 0.347 e. The molecular weight excluding hydrogens is 258 g/mol. The van der Waals surface area contributed by atoms with Crippen LogP contribution in [-0.2, 0) is 9.47 Å². The molecule has 1 aromatic carbocycles. The maximum Gasteiger partial charge on any atom is 0.169 e. The van der Waals surface area contributed by atoms with Crippen LogP contribution in [0.1, 0.15) is 24.8 Å². The fourth-order valence-corrected chi connectivity index (χ4v) is 4.10. The summed E-state index contributed by atoms with van der Waals surface area (Å²) in [5.74, 6) is -0.349. The first-order valence-electron chi connectivity index (χ1n) is 6.94. The van der Waals surface area contributed by atoms with Crippen molar-refractivity contribution in [2.45, 2.75) is 48.2 Å². The van der Waals surface area contributed by atoms with Crippen molar-refractivity contribution < 1.29 is 9.47 Å². The summed E-state index contributed by atoms with van der Waals surface area (Å²) in [6.07, 6.45) is 2.80. The highest BCUT2D eigenvalue weighted by atomic mass is 32.2. The Labute approximate surface area is 118 Å². The summed E-state index contributed by atoms with van der Waals surface area (Å²) >= 11 is 1.86. The molecule has 0 radical (unpaired) electrons. The molecule has 2 unspecified atom stereocenters. The molecule has 4 heteroatoms. The van der Waals surface area contributed by atoms with Crippen LogP contribution in [0.25, 0.3) is 0 Å². The molecule has 1 aromatic rings. The van der Waals surface area contributed by atoms with Gasteiger partial charge in [-0.25, -0.2) is 0 Å². The minimum atomic E-state index is -0.349. The van der Waals surface area contributed by atoms with Crippen LogP contribution in [0.4, 0.5) is 0 Å². The smallest absolute Gasteiger partial charge is 0.169 e. The number of ether oxygens (including phenoxy) is 2. The Morgan fingerprint density at radius 1 is 1.21 bits per heavy atom. The van der Waals surface area contributed by atoms with Gasteiger partial charge in [-0.3, -0.25) is 0 Å². The lowest BCUT2D eigenvalue weighted by atomic mass is 9.90. The predicted molar refractivity (Wildman–Crippen MR) is 77.3 cm³/mol. The van der Waals surface area contributed by atoms with E-state index in [1.54, 1.807) is 0 Å². The molecule has 1 aliphatic heterocycles. The van der Waals surface area contributed by atoms with Crippen molar-refractivity contribution in [3.63, 3.8) is 0 Å². The highest BCUT2D eigenvalue weighted by Crippen LogP contribution is 2.41. The van der Waals surface area contributed by atoms with E-state index in [-0.39, 0.29) is 11.8 Å². The van der Waals surface area contributed by atoms with E-state index in [4.69, 9.17) is 15.2 Å². The SMILES string of the molecule is Cc1ccc(SC2CC3(CCC2N)OCCO3)cc1. The van der Waals surface area contributed by atoms with E-state index in [9.17, 15) is 0 Å². The molecule has 2 N–H and O–H groups in total. The van der Waals surface area contributed by atoms with Crippen molar-refractivity contribution in [2.24, 2.45) is 5.73 Å². The second-order valence-electron chi connectivity index (χ2n) is 5.48. The predicted octanol–water partition coefficient (Wildman–Crippen LogP) is 2.71. The van der Waals surface area contributed by atoms with E-state index >= 15 is 0 Å². The van der Waals surface area contributed by atoms with Crippen molar-refractivity contribution in [2.75, 3.05) is 13.2 Å². The van der Waals surface area contributed by atoms with Gasteiger partial charge in [0.15, 0.2) is 5.79 Å². The van der Waals surface area contributed by atoms with Gasteiger partial charge in [0.25, 0.3) is 0 Å². The molecule has 2 aliphatic rings. The molecule has 2 atom stereocenters. The number of rotatable bonds is 2. The van der Waals surface area contributed by atoms with Gasteiger partial charge in [0.1, 0.15) is 0 Å². The van der Waals surface area contributed by atoms with E-state index in [2.05, 4.69) is 31.2 Å². The standard InChI is InChI=1S/C15H21NO2S/c1-11-2-4-12(5-3-11)19-14-10-15(7-6-13(14)16)17-8-9-18-15/h2-5,13-14H,6-10,16H2,1H3. The van der Waals surface area contributed by atoms with Gasteiger partial charge in [0.2, 0.25) is 0 Å². The second-order valence-corrected chi connectivity index (χ2v) is 6.80. The average Bonchev–Trinajstić information content (AvgIpc) is 2.85. The van der Waals surface area contributed by atoms with Gasteiger partial charge in [0.05, 0.1) is 13.2 Å². The van der Waals surface area contributed by atoms with Gasteiger partial charge in [0, 0.05) is 29.0 Å². The van der Waals surface area contributed by atoms with Gasteiger partial charge in [-0.05, 0) is 25.5 Å². The first-order chi connectivity index (χ1) is 9.17. The van der Waals surface area contributed by atoms with Gasteiger partial charge in [-0.2, -0.15) is 0 Å². The van der Waals surface area contributed by atoms with Crippen LogP contribution in [0, 0.1) is 6.92 Å². The molecule has 104 valence electrons. The first kappa shape index (κ1) is 13.4. The van der Waals surface area contributed by atoms with Gasteiger partial charge >= 0.3 is 0 Å². The molecule has 1 aliphatic carbocycles. The van der Waals surface area contributed by atoms with E-state index in [1.165, 1.54) is 10.5 Å². The minimum absolute atomic E-state index is 0.227. The molecule has 3 rings (SSSR count). The summed E-state index contributed by atoms with van der Waals surface area (Å²) in [6.45, 7) is 3.55. The number of hydrogen-bond acceptors (Lipinski definition) is 4. The van der Waals surface area contributed by atoms with Crippen molar-refractivity contribution in [3.05, 3.63) is 29.8 Å². The lowest BCUT2D eigenvalue weighted by molar-refractivity contribution is -0.176. The van der Waals surface area contributed by atoms with Gasteiger partial charge in [-0.1, -0.05) is 17.7 Å². The van der Waals surface area contributed by atoms with E-state index in [1.807, 2.05) is 11.8 Å². The van der Waals surface area contributed by atoms with Crippen LogP contribution >= 0.6 is 11.8 Å². The molecular formula is C15H21NO2S. The molecule has 0 bridgehead atoms. The summed E-state index contributed by atoms with van der Waals surface area (Å²) in [4.78, 5) is 1.28. The maximum atomic E-state index is 6.28. The van der Waals surface area contributed by atoms with Crippen molar-refractivity contribution in [1.29, 1.82) is 0 Å². The number of hydrogen-bond donors (Lipinski definition) is 1. The minimum Gasteiger partial charge on any atom is -0.347 e. The molecule has 1 saturated heterocycles. The fraction of sp³-hybridized carbons (Fsp3) is 0.600. The Morgan fingerprint density at radius 2 is 1.89 bits per heavy atom. The first-order valence-corrected chi connectivity index (χ1v) is 7.82. The van der Waals surface area contributed by atoms with E-state index in [0.29, 0.717) is 5.25 Å². The summed E-state index contributed by atoms with van der Waals surface area (Å²) in [6, 6.07) is 8.86. The zero-order valence-electron chi connectivity index (χ0n) is 11.3. The van der Waals surface area contributed by atoms with E-state index < -0.39 is 0 Å². The third-order valence-electron chi connectivity index (χ3n) is 3.97. The number of aryl methyl sites for hydroxylation is 1. The molecule has 1 saturated carbocycles. The second kappa shape index (κ2) is 5.44. The Morgan fingerprint density at radius 3 is 2.58 bits per heavy atom. The topological polar surface area (TPSA) is 44.5 Å². The van der Waals surface area contributed by atoms with E-state index in [0.717, 1.165) is 32.5 Å². The highest BCUT2D eigenvalue weighted by molar-refractivity contribution is 8.00. The zero-order chi connectivity index (χ0) is 13.3. The van der Waals surface area contributed by atoms with Crippen LogP contribution in [0.5, 0.6) is 0 Å². The van der Waals surface area contributed by atoms with Gasteiger partial charge in [-0.15, -0.1) is 11.8 Å². The van der Waals surface area contributed by atoms with Crippen molar-refractivity contribution >= 4 is 11.8 Å². The maximum absolute atomic E-state index is 6.28. The van der Waals surface area contributed by atoms with Gasteiger partial charge < -0.3 is 15.2 Å². The summed E-state index contributed by atoms with van der Waals surface area (Å²) in [5.41, 5.74) is 7.56. The fourth-order valence-electron chi connectivity index (χ4n) is 2.81. The normalized spacial score (nSPS) is 29.8. The number of thioether (sulfide) groups is 1. The Kier molecular flexibility index (Phi) is 3.85. The average molecular weight is 279 g/mol. The van der Waals surface area contributed by atoms with Crippen LogP contribution in [0.3, 0.4) is 0 Å². The Balaban J connectivity index is 1.69. The number of benzene rings is 1. The molecule has 0 amide bonds. The van der Waals surface area contributed by atoms with Crippen molar-refractivity contribution in [1.82, 2.24) is 0 Å². The zero-order valence-corrected chi connectivity index (χ0v) is 12.1. The van der Waals surface area contributed by atoms with Crippen LogP contribution in [0.15, 0.2) is 29.2 Å². The molecule has 1 heterocycles. The summed E-state index contributed by atoms with van der Waals surface area (Å²) in [7, 11) is 0. The Hall–Kier alpha value is -0.550. The third-order valence-corrected chi connectivity index (χ3v) is 5.33.